The molecule has 1 atom stereocenters. The van der Waals surface area contributed by atoms with Gasteiger partial charge < -0.3 is 10.6 Å². The number of piperazine rings is 1. The summed E-state index contributed by atoms with van der Waals surface area (Å²) in [6.45, 7) is 4.84. The van der Waals surface area contributed by atoms with E-state index in [-0.39, 0.29) is 6.04 Å². The first-order valence-electron chi connectivity index (χ1n) is 5.84. The molecular weight excluding hydrogens is 256 g/mol. The fourth-order valence-electron chi connectivity index (χ4n) is 1.90. The zero-order chi connectivity index (χ0) is 12.3. The SMILES string of the molecule is CN1CCN(NC(CN)c2ccc(Cl)s2)CC1. The van der Waals surface area contributed by atoms with Gasteiger partial charge in [0.05, 0.1) is 10.4 Å². The second kappa shape index (κ2) is 6.13. The molecule has 4 nitrogen and oxygen atoms in total. The van der Waals surface area contributed by atoms with Crippen LogP contribution in [0.3, 0.4) is 0 Å². The third-order valence-corrected chi connectivity index (χ3v) is 4.36. The lowest BCUT2D eigenvalue weighted by molar-refractivity contribution is 0.0886. The molecular formula is C11H19ClN4S. The molecule has 96 valence electrons. The summed E-state index contributed by atoms with van der Waals surface area (Å²) in [5.41, 5.74) is 9.31. The van der Waals surface area contributed by atoms with Crippen molar-refractivity contribution in [2.24, 2.45) is 5.73 Å². The van der Waals surface area contributed by atoms with E-state index in [1.54, 1.807) is 11.3 Å². The van der Waals surface area contributed by atoms with E-state index in [1.165, 1.54) is 4.88 Å². The second-order valence-electron chi connectivity index (χ2n) is 4.35. The third kappa shape index (κ3) is 3.64. The van der Waals surface area contributed by atoms with Crippen molar-refractivity contribution in [1.29, 1.82) is 0 Å². The average Bonchev–Trinajstić information content (AvgIpc) is 2.75. The summed E-state index contributed by atoms with van der Waals surface area (Å²) in [7, 11) is 2.15. The first-order valence-corrected chi connectivity index (χ1v) is 7.03. The van der Waals surface area contributed by atoms with Crippen LogP contribution in [-0.4, -0.2) is 49.7 Å². The largest absolute Gasteiger partial charge is 0.329 e. The number of likely N-dealkylation sites (N-methyl/N-ethyl adjacent to an activating group) is 1. The normalized spacial score (nSPS) is 20.6. The molecule has 17 heavy (non-hydrogen) atoms. The molecule has 6 heteroatoms. The Labute approximate surface area is 111 Å². The highest BCUT2D eigenvalue weighted by atomic mass is 35.5. The molecule has 0 radical (unpaired) electrons. The molecule has 0 spiro atoms. The van der Waals surface area contributed by atoms with E-state index in [0.29, 0.717) is 6.54 Å². The van der Waals surface area contributed by atoms with Gasteiger partial charge in [0.2, 0.25) is 0 Å². The van der Waals surface area contributed by atoms with Crippen molar-refractivity contribution < 1.29 is 0 Å². The van der Waals surface area contributed by atoms with Crippen molar-refractivity contribution in [2.45, 2.75) is 6.04 Å². The summed E-state index contributed by atoms with van der Waals surface area (Å²) in [5, 5.41) is 2.26. The number of nitrogens with one attached hydrogen (secondary N) is 1. The van der Waals surface area contributed by atoms with Crippen molar-refractivity contribution in [1.82, 2.24) is 15.3 Å². The fraction of sp³-hybridized carbons (Fsp3) is 0.636. The number of hydrogen-bond acceptors (Lipinski definition) is 5. The minimum absolute atomic E-state index is 0.177. The molecule has 1 aliphatic rings. The van der Waals surface area contributed by atoms with Crippen molar-refractivity contribution in [3.63, 3.8) is 0 Å². The van der Waals surface area contributed by atoms with Crippen LogP contribution in [-0.2, 0) is 0 Å². The van der Waals surface area contributed by atoms with Crippen LogP contribution in [0, 0.1) is 0 Å². The highest BCUT2D eigenvalue weighted by Gasteiger charge is 2.18. The molecule has 2 heterocycles. The van der Waals surface area contributed by atoms with E-state index in [9.17, 15) is 0 Å². The minimum Gasteiger partial charge on any atom is -0.329 e. The molecule has 3 N–H and O–H groups in total. The first kappa shape index (κ1) is 13.3. The van der Waals surface area contributed by atoms with Crippen molar-refractivity contribution in [2.75, 3.05) is 39.8 Å². The number of thiophene rings is 1. The van der Waals surface area contributed by atoms with Gasteiger partial charge in [0.25, 0.3) is 0 Å². The Bertz CT molecular complexity index is 349. The van der Waals surface area contributed by atoms with Crippen molar-refractivity contribution in [3.8, 4) is 0 Å². The van der Waals surface area contributed by atoms with Gasteiger partial charge in [-0.2, -0.15) is 0 Å². The van der Waals surface area contributed by atoms with Crippen LogP contribution in [0.2, 0.25) is 4.34 Å². The summed E-state index contributed by atoms with van der Waals surface area (Å²) >= 11 is 7.55. The standard InChI is InChI=1S/C11H19ClN4S/c1-15-4-6-16(7-5-15)14-9(8-13)10-2-3-11(12)17-10/h2-3,9,14H,4-8,13H2,1H3. The zero-order valence-electron chi connectivity index (χ0n) is 10.0. The molecule has 0 saturated carbocycles. The van der Waals surface area contributed by atoms with E-state index in [2.05, 4.69) is 22.4 Å². The third-order valence-electron chi connectivity index (χ3n) is 3.01. The lowest BCUT2D eigenvalue weighted by Crippen LogP contribution is -2.52. The van der Waals surface area contributed by atoms with Gasteiger partial charge in [0, 0.05) is 37.6 Å². The summed E-state index contributed by atoms with van der Waals surface area (Å²) in [4.78, 5) is 3.54. The van der Waals surface area contributed by atoms with Gasteiger partial charge in [0.1, 0.15) is 0 Å². The molecule has 1 saturated heterocycles. The van der Waals surface area contributed by atoms with E-state index in [1.807, 2.05) is 12.1 Å². The number of halogens is 1. The number of hydrogen-bond donors (Lipinski definition) is 2. The van der Waals surface area contributed by atoms with Crippen LogP contribution < -0.4 is 11.2 Å². The Kier molecular flexibility index (Phi) is 4.78. The monoisotopic (exact) mass is 274 g/mol. The lowest BCUT2D eigenvalue weighted by atomic mass is 10.2. The van der Waals surface area contributed by atoms with Gasteiger partial charge in [-0.3, -0.25) is 0 Å². The molecule has 1 aromatic heterocycles. The van der Waals surface area contributed by atoms with Gasteiger partial charge in [-0.1, -0.05) is 11.6 Å². The topological polar surface area (TPSA) is 44.5 Å². The number of nitrogens with two attached hydrogens (primary N) is 1. The Morgan fingerprint density at radius 3 is 2.65 bits per heavy atom. The lowest BCUT2D eigenvalue weighted by Gasteiger charge is -2.35. The van der Waals surface area contributed by atoms with E-state index >= 15 is 0 Å². The number of hydrazine groups is 1. The summed E-state index contributed by atoms with van der Waals surface area (Å²) in [6.07, 6.45) is 0. The molecule has 0 aliphatic carbocycles. The smallest absolute Gasteiger partial charge is 0.0931 e. The van der Waals surface area contributed by atoms with Crippen LogP contribution in [0.15, 0.2) is 12.1 Å². The van der Waals surface area contributed by atoms with Crippen LogP contribution in [0.25, 0.3) is 0 Å². The van der Waals surface area contributed by atoms with Gasteiger partial charge in [-0.15, -0.1) is 11.3 Å². The predicted octanol–water partition coefficient (Wildman–Crippen LogP) is 1.15. The van der Waals surface area contributed by atoms with E-state index < -0.39 is 0 Å². The van der Waals surface area contributed by atoms with Crippen LogP contribution in [0.5, 0.6) is 0 Å². The van der Waals surface area contributed by atoms with Gasteiger partial charge in [-0.25, -0.2) is 10.4 Å². The maximum atomic E-state index is 5.95. The highest BCUT2D eigenvalue weighted by molar-refractivity contribution is 7.16. The summed E-state index contributed by atoms with van der Waals surface area (Å²) in [5.74, 6) is 0. The minimum atomic E-state index is 0.177. The molecule has 0 amide bonds. The molecule has 1 unspecified atom stereocenters. The first-order chi connectivity index (χ1) is 8.19. The van der Waals surface area contributed by atoms with Crippen LogP contribution in [0.1, 0.15) is 10.9 Å². The highest BCUT2D eigenvalue weighted by Crippen LogP contribution is 2.26. The Morgan fingerprint density at radius 1 is 1.41 bits per heavy atom. The fourth-order valence-corrected chi connectivity index (χ4v) is 3.02. The predicted molar refractivity (Wildman–Crippen MR) is 73.3 cm³/mol. The summed E-state index contributed by atoms with van der Waals surface area (Å²) < 4.78 is 0.818. The summed E-state index contributed by atoms with van der Waals surface area (Å²) in [6, 6.07) is 4.15. The molecule has 1 aromatic rings. The zero-order valence-corrected chi connectivity index (χ0v) is 11.6. The van der Waals surface area contributed by atoms with Crippen LogP contribution in [0.4, 0.5) is 0 Å². The molecule has 0 aromatic carbocycles. The Morgan fingerprint density at radius 2 is 2.12 bits per heavy atom. The second-order valence-corrected chi connectivity index (χ2v) is 6.10. The number of nitrogens with zero attached hydrogens (tertiary/aromatic N) is 2. The molecule has 2 rings (SSSR count). The maximum absolute atomic E-state index is 5.95. The average molecular weight is 275 g/mol. The molecule has 1 fully saturated rings. The van der Waals surface area contributed by atoms with E-state index in [4.69, 9.17) is 17.3 Å². The van der Waals surface area contributed by atoms with E-state index in [0.717, 1.165) is 30.5 Å². The van der Waals surface area contributed by atoms with Crippen molar-refractivity contribution in [3.05, 3.63) is 21.3 Å². The Balaban J connectivity index is 1.91. The van der Waals surface area contributed by atoms with Gasteiger partial charge >= 0.3 is 0 Å². The molecule has 1 aliphatic heterocycles. The van der Waals surface area contributed by atoms with Gasteiger partial charge in [0.15, 0.2) is 0 Å². The molecule has 0 bridgehead atoms. The van der Waals surface area contributed by atoms with Crippen molar-refractivity contribution >= 4 is 22.9 Å². The van der Waals surface area contributed by atoms with Crippen LogP contribution >= 0.6 is 22.9 Å². The Hall–Kier alpha value is -0.170. The van der Waals surface area contributed by atoms with Gasteiger partial charge in [-0.05, 0) is 19.2 Å². The quantitative estimate of drug-likeness (QED) is 0.865. The number of rotatable bonds is 4. The maximum Gasteiger partial charge on any atom is 0.0931 e.